The fourth-order valence-electron chi connectivity index (χ4n) is 1.54. The molecule has 0 atom stereocenters. The third-order valence-electron chi connectivity index (χ3n) is 2.49. The number of aromatic nitrogens is 2. The van der Waals surface area contributed by atoms with Gasteiger partial charge in [-0.25, -0.2) is 4.98 Å². The summed E-state index contributed by atoms with van der Waals surface area (Å²) in [7, 11) is 0. The number of unbranched alkanes of at least 4 members (excludes halogenated alkanes) is 1. The number of nitrogens with two attached hydrogens (primary N) is 1. The lowest BCUT2D eigenvalue weighted by Crippen LogP contribution is -2.08. The highest BCUT2D eigenvalue weighted by Gasteiger charge is 2.15. The molecule has 1 rings (SSSR count). The molecule has 1 aromatic heterocycles. The Morgan fingerprint density at radius 1 is 1.50 bits per heavy atom. The highest BCUT2D eigenvalue weighted by atomic mass is 16.6. The smallest absolute Gasteiger partial charge is 0.329 e. The Balaban J connectivity index is 2.50. The molecule has 0 aliphatic heterocycles. The van der Waals surface area contributed by atoms with E-state index in [-0.39, 0.29) is 17.5 Å². The Bertz CT molecular complexity index is 408. The SMILES string of the molecule is CC(C)CCCCNc1nc(N)ncc1[N+](=O)[O-]. The van der Waals surface area contributed by atoms with Crippen LogP contribution in [0.15, 0.2) is 6.20 Å². The lowest BCUT2D eigenvalue weighted by molar-refractivity contribution is -0.384. The minimum Gasteiger partial charge on any atom is -0.368 e. The van der Waals surface area contributed by atoms with Gasteiger partial charge in [-0.05, 0) is 12.3 Å². The summed E-state index contributed by atoms with van der Waals surface area (Å²) in [5, 5.41) is 13.7. The predicted molar refractivity (Wildman–Crippen MR) is 70.3 cm³/mol. The van der Waals surface area contributed by atoms with Crippen LogP contribution in [-0.2, 0) is 0 Å². The van der Waals surface area contributed by atoms with Gasteiger partial charge in [-0.15, -0.1) is 0 Å². The first-order valence-corrected chi connectivity index (χ1v) is 6.01. The summed E-state index contributed by atoms with van der Waals surface area (Å²) in [5.41, 5.74) is 5.27. The number of nitrogen functional groups attached to an aromatic ring is 1. The fourth-order valence-corrected chi connectivity index (χ4v) is 1.54. The molecule has 0 radical (unpaired) electrons. The zero-order chi connectivity index (χ0) is 13.5. The Kier molecular flexibility index (Phi) is 5.29. The fraction of sp³-hybridized carbons (Fsp3) is 0.636. The van der Waals surface area contributed by atoms with E-state index in [0.717, 1.165) is 25.5 Å². The Labute approximate surface area is 106 Å². The lowest BCUT2D eigenvalue weighted by Gasteiger charge is -2.07. The van der Waals surface area contributed by atoms with Crippen LogP contribution in [0.1, 0.15) is 33.1 Å². The van der Waals surface area contributed by atoms with Crippen molar-refractivity contribution in [2.45, 2.75) is 33.1 Å². The molecule has 0 aromatic carbocycles. The summed E-state index contributed by atoms with van der Waals surface area (Å²) < 4.78 is 0. The van der Waals surface area contributed by atoms with E-state index in [0.29, 0.717) is 12.5 Å². The molecule has 1 heterocycles. The maximum absolute atomic E-state index is 10.8. The van der Waals surface area contributed by atoms with E-state index >= 15 is 0 Å². The summed E-state index contributed by atoms with van der Waals surface area (Å²) in [6.07, 6.45) is 4.30. The number of nitro groups is 1. The van der Waals surface area contributed by atoms with E-state index < -0.39 is 4.92 Å². The van der Waals surface area contributed by atoms with Crippen molar-refractivity contribution >= 4 is 17.5 Å². The standard InChI is InChI=1S/C11H19N5O2/c1-8(2)5-3-4-6-13-10-9(16(17)18)7-14-11(12)15-10/h7-8H,3-6H2,1-2H3,(H3,12,13,14,15). The van der Waals surface area contributed by atoms with Crippen LogP contribution in [0.3, 0.4) is 0 Å². The highest BCUT2D eigenvalue weighted by molar-refractivity contribution is 5.56. The molecule has 0 amide bonds. The number of hydrogen-bond donors (Lipinski definition) is 2. The van der Waals surface area contributed by atoms with Crippen LogP contribution in [0.5, 0.6) is 0 Å². The van der Waals surface area contributed by atoms with Gasteiger partial charge >= 0.3 is 5.69 Å². The molecule has 0 aliphatic rings. The average molecular weight is 253 g/mol. The van der Waals surface area contributed by atoms with Crippen molar-refractivity contribution < 1.29 is 4.92 Å². The predicted octanol–water partition coefficient (Wildman–Crippen LogP) is 2.21. The van der Waals surface area contributed by atoms with Gasteiger partial charge < -0.3 is 11.1 Å². The first-order chi connectivity index (χ1) is 8.50. The second-order valence-corrected chi connectivity index (χ2v) is 4.54. The van der Waals surface area contributed by atoms with Crippen molar-refractivity contribution in [2.24, 2.45) is 5.92 Å². The van der Waals surface area contributed by atoms with E-state index in [1.807, 2.05) is 0 Å². The quantitative estimate of drug-likeness (QED) is 0.438. The van der Waals surface area contributed by atoms with Crippen LogP contribution < -0.4 is 11.1 Å². The van der Waals surface area contributed by atoms with Gasteiger partial charge in [0.05, 0.1) is 4.92 Å². The maximum atomic E-state index is 10.8. The van der Waals surface area contributed by atoms with Crippen molar-refractivity contribution in [3.63, 3.8) is 0 Å². The minimum absolute atomic E-state index is 0.0327. The molecule has 0 spiro atoms. The topological polar surface area (TPSA) is 107 Å². The molecule has 18 heavy (non-hydrogen) atoms. The van der Waals surface area contributed by atoms with Crippen LogP contribution >= 0.6 is 0 Å². The third kappa shape index (κ3) is 4.52. The number of nitrogens with one attached hydrogen (secondary N) is 1. The zero-order valence-electron chi connectivity index (χ0n) is 10.7. The molecule has 0 bridgehead atoms. The zero-order valence-corrected chi connectivity index (χ0v) is 10.7. The molecular formula is C11H19N5O2. The van der Waals surface area contributed by atoms with Crippen LogP contribution in [0.2, 0.25) is 0 Å². The summed E-state index contributed by atoms with van der Waals surface area (Å²) >= 11 is 0. The second-order valence-electron chi connectivity index (χ2n) is 4.54. The van der Waals surface area contributed by atoms with Crippen LogP contribution in [-0.4, -0.2) is 21.4 Å². The van der Waals surface area contributed by atoms with E-state index in [4.69, 9.17) is 5.73 Å². The third-order valence-corrected chi connectivity index (χ3v) is 2.49. The summed E-state index contributed by atoms with van der Waals surface area (Å²) in [6, 6.07) is 0. The molecule has 100 valence electrons. The molecule has 3 N–H and O–H groups in total. The van der Waals surface area contributed by atoms with Crippen molar-refractivity contribution in [3.8, 4) is 0 Å². The molecule has 0 aliphatic carbocycles. The molecule has 0 unspecified atom stereocenters. The lowest BCUT2D eigenvalue weighted by atomic mass is 10.1. The first kappa shape index (κ1) is 14.1. The molecule has 7 heteroatoms. The molecule has 7 nitrogen and oxygen atoms in total. The van der Waals surface area contributed by atoms with E-state index in [2.05, 4.69) is 29.1 Å². The molecule has 1 aromatic rings. The molecule has 0 fully saturated rings. The minimum atomic E-state index is -0.518. The number of nitrogens with zero attached hydrogens (tertiary/aromatic N) is 3. The van der Waals surface area contributed by atoms with Gasteiger partial charge in [0.25, 0.3) is 0 Å². The number of anilines is 2. The van der Waals surface area contributed by atoms with Gasteiger partial charge in [0.15, 0.2) is 0 Å². The van der Waals surface area contributed by atoms with Crippen molar-refractivity contribution in [3.05, 3.63) is 16.3 Å². The van der Waals surface area contributed by atoms with E-state index in [1.165, 1.54) is 0 Å². The molecular weight excluding hydrogens is 234 g/mol. The molecule has 0 saturated heterocycles. The van der Waals surface area contributed by atoms with Crippen LogP contribution in [0.25, 0.3) is 0 Å². The average Bonchev–Trinajstić information content (AvgIpc) is 2.27. The van der Waals surface area contributed by atoms with Crippen LogP contribution in [0.4, 0.5) is 17.5 Å². The highest BCUT2D eigenvalue weighted by Crippen LogP contribution is 2.21. The van der Waals surface area contributed by atoms with Gasteiger partial charge in [-0.3, -0.25) is 10.1 Å². The summed E-state index contributed by atoms with van der Waals surface area (Å²) in [5.74, 6) is 0.899. The molecule has 0 saturated carbocycles. The number of hydrogen-bond acceptors (Lipinski definition) is 6. The second kappa shape index (κ2) is 6.73. The summed E-state index contributed by atoms with van der Waals surface area (Å²) in [4.78, 5) is 17.7. The largest absolute Gasteiger partial charge is 0.368 e. The van der Waals surface area contributed by atoms with Gasteiger partial charge in [0, 0.05) is 6.54 Å². The van der Waals surface area contributed by atoms with E-state index in [9.17, 15) is 10.1 Å². The van der Waals surface area contributed by atoms with Crippen molar-refractivity contribution in [1.82, 2.24) is 9.97 Å². The van der Waals surface area contributed by atoms with E-state index in [1.54, 1.807) is 0 Å². The van der Waals surface area contributed by atoms with Crippen molar-refractivity contribution in [1.29, 1.82) is 0 Å². The van der Waals surface area contributed by atoms with Gasteiger partial charge in [-0.2, -0.15) is 4.98 Å². The number of rotatable bonds is 7. The Morgan fingerprint density at radius 3 is 2.83 bits per heavy atom. The Morgan fingerprint density at radius 2 is 2.22 bits per heavy atom. The van der Waals surface area contributed by atoms with Gasteiger partial charge in [0.1, 0.15) is 6.20 Å². The summed E-state index contributed by atoms with van der Waals surface area (Å²) in [6.45, 7) is 4.98. The van der Waals surface area contributed by atoms with Crippen LogP contribution in [0, 0.1) is 16.0 Å². The van der Waals surface area contributed by atoms with Crippen molar-refractivity contribution in [2.75, 3.05) is 17.6 Å². The normalized spacial score (nSPS) is 10.6. The van der Waals surface area contributed by atoms with Gasteiger partial charge in [-0.1, -0.05) is 26.7 Å². The van der Waals surface area contributed by atoms with Gasteiger partial charge in [0.2, 0.25) is 11.8 Å². The first-order valence-electron chi connectivity index (χ1n) is 6.01. The maximum Gasteiger partial charge on any atom is 0.329 e. The Hall–Kier alpha value is -1.92. The monoisotopic (exact) mass is 253 g/mol.